The third-order valence-corrected chi connectivity index (χ3v) is 5.73. The third kappa shape index (κ3) is 3.01. The molecule has 6 nitrogen and oxygen atoms in total. The number of nitrogens with zero attached hydrogens (tertiary/aromatic N) is 2. The summed E-state index contributed by atoms with van der Waals surface area (Å²) in [6.45, 7) is 6.82. The van der Waals surface area contributed by atoms with Crippen LogP contribution in [0.15, 0.2) is 18.2 Å². The number of morpholine rings is 1. The fraction of sp³-hybridized carbons (Fsp3) is 0.600. The molecule has 6 heteroatoms. The molecule has 1 aromatic rings. The van der Waals surface area contributed by atoms with Crippen LogP contribution in [0.5, 0.6) is 0 Å². The Morgan fingerprint density at radius 3 is 2.88 bits per heavy atom. The summed E-state index contributed by atoms with van der Waals surface area (Å²) in [7, 11) is 0. The number of benzene rings is 1. The number of carbonyl (C=O) groups excluding carboxylic acids is 2. The zero-order chi connectivity index (χ0) is 18.3. The van der Waals surface area contributed by atoms with Gasteiger partial charge in [-0.3, -0.25) is 9.59 Å². The van der Waals surface area contributed by atoms with E-state index >= 15 is 0 Å². The average molecular weight is 358 g/mol. The number of rotatable bonds is 2. The van der Waals surface area contributed by atoms with E-state index in [1.165, 1.54) is 0 Å². The lowest BCUT2D eigenvalue weighted by Gasteiger charge is -2.43. The molecular weight excluding hydrogens is 332 g/mol. The Bertz CT molecular complexity index is 727. The van der Waals surface area contributed by atoms with Gasteiger partial charge in [-0.2, -0.15) is 0 Å². The Labute approximate surface area is 154 Å². The van der Waals surface area contributed by atoms with E-state index in [-0.39, 0.29) is 23.5 Å². The number of fused-ring (bicyclic) bond motifs is 1. The number of anilines is 1. The predicted octanol–water partition coefficient (Wildman–Crippen LogP) is 2.01. The highest BCUT2D eigenvalue weighted by atomic mass is 16.6. The smallest absolute Gasteiger partial charge is 0.254 e. The highest BCUT2D eigenvalue weighted by molar-refractivity contribution is 5.98. The summed E-state index contributed by atoms with van der Waals surface area (Å²) >= 11 is 0. The van der Waals surface area contributed by atoms with Gasteiger partial charge in [0, 0.05) is 44.3 Å². The Kier molecular flexibility index (Phi) is 4.49. The number of amides is 2. The van der Waals surface area contributed by atoms with Crippen molar-refractivity contribution in [1.82, 2.24) is 4.90 Å². The van der Waals surface area contributed by atoms with Crippen LogP contribution < -0.4 is 4.90 Å². The van der Waals surface area contributed by atoms with Crippen molar-refractivity contribution in [3.05, 3.63) is 29.3 Å². The van der Waals surface area contributed by atoms with Crippen molar-refractivity contribution in [2.24, 2.45) is 0 Å². The summed E-state index contributed by atoms with van der Waals surface area (Å²) in [6, 6.07) is 5.70. The first kappa shape index (κ1) is 17.5. The van der Waals surface area contributed by atoms with Gasteiger partial charge in [-0.1, -0.05) is 6.92 Å². The summed E-state index contributed by atoms with van der Waals surface area (Å²) < 4.78 is 11.8. The van der Waals surface area contributed by atoms with E-state index < -0.39 is 0 Å². The number of carbonyl (C=O) groups is 2. The third-order valence-electron chi connectivity index (χ3n) is 5.73. The summed E-state index contributed by atoms with van der Waals surface area (Å²) in [5, 5.41) is 0. The SMILES string of the molecule is CC[C@@H]1CN(C(=O)c2ccc3c(c2)CCN3C(C)=O)C[C@@]2(CCOC2)O1. The molecule has 2 atom stereocenters. The van der Waals surface area contributed by atoms with Gasteiger partial charge in [0.05, 0.1) is 19.3 Å². The van der Waals surface area contributed by atoms with Crippen molar-refractivity contribution in [3.8, 4) is 0 Å². The standard InChI is InChI=1S/C20H26N2O4/c1-3-17-11-21(12-20(26-17)7-9-25-13-20)19(24)16-4-5-18-15(10-16)6-8-22(18)14(2)23/h4-5,10,17H,3,6-9,11-13H2,1-2H3/t17-,20-/m1/s1. The maximum atomic E-state index is 13.2. The van der Waals surface area contributed by atoms with E-state index in [0.29, 0.717) is 38.4 Å². The largest absolute Gasteiger partial charge is 0.378 e. The van der Waals surface area contributed by atoms with Gasteiger partial charge in [-0.05, 0) is 36.6 Å². The molecule has 2 fully saturated rings. The Morgan fingerprint density at radius 2 is 2.19 bits per heavy atom. The first-order valence-corrected chi connectivity index (χ1v) is 9.47. The van der Waals surface area contributed by atoms with Gasteiger partial charge in [0.1, 0.15) is 5.60 Å². The lowest BCUT2D eigenvalue weighted by atomic mass is 9.97. The first-order valence-electron chi connectivity index (χ1n) is 9.47. The second-order valence-electron chi connectivity index (χ2n) is 7.58. The van der Waals surface area contributed by atoms with E-state index in [1.807, 2.05) is 23.1 Å². The van der Waals surface area contributed by atoms with Gasteiger partial charge < -0.3 is 19.3 Å². The second-order valence-corrected chi connectivity index (χ2v) is 7.58. The molecule has 140 valence electrons. The molecular formula is C20H26N2O4. The van der Waals surface area contributed by atoms with E-state index in [4.69, 9.17) is 9.47 Å². The van der Waals surface area contributed by atoms with Crippen LogP contribution in [-0.2, 0) is 20.7 Å². The quantitative estimate of drug-likeness (QED) is 0.811. The molecule has 3 heterocycles. The van der Waals surface area contributed by atoms with Crippen molar-refractivity contribution in [2.45, 2.75) is 44.8 Å². The van der Waals surface area contributed by atoms with Gasteiger partial charge in [-0.15, -0.1) is 0 Å². The van der Waals surface area contributed by atoms with Crippen LogP contribution in [-0.4, -0.2) is 61.3 Å². The summed E-state index contributed by atoms with van der Waals surface area (Å²) in [5.74, 6) is 0.0899. The van der Waals surface area contributed by atoms with Crippen molar-refractivity contribution >= 4 is 17.5 Å². The van der Waals surface area contributed by atoms with E-state index in [9.17, 15) is 9.59 Å². The molecule has 0 bridgehead atoms. The molecule has 1 aromatic carbocycles. The zero-order valence-corrected chi connectivity index (χ0v) is 15.5. The molecule has 3 aliphatic heterocycles. The fourth-order valence-electron chi connectivity index (χ4n) is 4.30. The molecule has 4 rings (SSSR count). The molecule has 0 radical (unpaired) electrons. The van der Waals surface area contributed by atoms with Crippen molar-refractivity contribution < 1.29 is 19.1 Å². The first-order chi connectivity index (χ1) is 12.5. The minimum atomic E-state index is -0.350. The summed E-state index contributed by atoms with van der Waals surface area (Å²) in [6.07, 6.45) is 2.57. The van der Waals surface area contributed by atoms with Gasteiger partial charge in [0.2, 0.25) is 5.91 Å². The normalized spacial score (nSPS) is 27.8. The maximum absolute atomic E-state index is 13.2. The highest BCUT2D eigenvalue weighted by Gasteiger charge is 2.44. The molecule has 26 heavy (non-hydrogen) atoms. The number of hydrogen-bond donors (Lipinski definition) is 0. The lowest BCUT2D eigenvalue weighted by molar-refractivity contribution is -0.145. The molecule has 3 aliphatic rings. The zero-order valence-electron chi connectivity index (χ0n) is 15.5. The van der Waals surface area contributed by atoms with Gasteiger partial charge >= 0.3 is 0 Å². The van der Waals surface area contributed by atoms with Gasteiger partial charge in [-0.25, -0.2) is 0 Å². The predicted molar refractivity (Wildman–Crippen MR) is 97.4 cm³/mol. The Hall–Kier alpha value is -1.92. The Balaban J connectivity index is 1.56. The van der Waals surface area contributed by atoms with Crippen LogP contribution in [0.3, 0.4) is 0 Å². The number of hydrogen-bond acceptors (Lipinski definition) is 4. The fourth-order valence-corrected chi connectivity index (χ4v) is 4.30. The summed E-state index contributed by atoms with van der Waals surface area (Å²) in [4.78, 5) is 28.6. The van der Waals surface area contributed by atoms with Crippen LogP contribution in [0.1, 0.15) is 42.6 Å². The molecule has 0 aliphatic carbocycles. The summed E-state index contributed by atoms with van der Waals surface area (Å²) in [5.41, 5.74) is 2.35. The molecule has 0 aromatic heterocycles. The van der Waals surface area contributed by atoms with E-state index in [2.05, 4.69) is 6.92 Å². The van der Waals surface area contributed by atoms with E-state index in [1.54, 1.807) is 11.8 Å². The molecule has 2 amide bonds. The topological polar surface area (TPSA) is 59.1 Å². The molecule has 2 saturated heterocycles. The van der Waals surface area contributed by atoms with Crippen molar-refractivity contribution in [3.63, 3.8) is 0 Å². The van der Waals surface area contributed by atoms with Crippen LogP contribution in [0.2, 0.25) is 0 Å². The second kappa shape index (κ2) is 6.67. The molecule has 0 saturated carbocycles. The monoisotopic (exact) mass is 358 g/mol. The van der Waals surface area contributed by atoms with Crippen LogP contribution >= 0.6 is 0 Å². The maximum Gasteiger partial charge on any atom is 0.254 e. The molecule has 0 unspecified atom stereocenters. The van der Waals surface area contributed by atoms with Crippen LogP contribution in [0, 0.1) is 0 Å². The minimum absolute atomic E-state index is 0.0436. The average Bonchev–Trinajstić information content (AvgIpc) is 3.27. The van der Waals surface area contributed by atoms with E-state index in [0.717, 1.165) is 30.5 Å². The molecule has 0 N–H and O–H groups in total. The van der Waals surface area contributed by atoms with Crippen LogP contribution in [0.25, 0.3) is 0 Å². The number of ether oxygens (including phenoxy) is 2. The van der Waals surface area contributed by atoms with Crippen molar-refractivity contribution in [1.29, 1.82) is 0 Å². The van der Waals surface area contributed by atoms with Gasteiger partial charge in [0.15, 0.2) is 0 Å². The Morgan fingerprint density at radius 1 is 1.35 bits per heavy atom. The molecule has 1 spiro atoms. The minimum Gasteiger partial charge on any atom is -0.378 e. The van der Waals surface area contributed by atoms with Crippen LogP contribution in [0.4, 0.5) is 5.69 Å². The lowest BCUT2D eigenvalue weighted by Crippen LogP contribution is -2.57. The van der Waals surface area contributed by atoms with Crippen molar-refractivity contribution in [2.75, 3.05) is 37.7 Å². The highest BCUT2D eigenvalue weighted by Crippen LogP contribution is 2.33. The van der Waals surface area contributed by atoms with Gasteiger partial charge in [0.25, 0.3) is 5.91 Å².